The molecule has 1 atom stereocenters. The first kappa shape index (κ1) is 23.9. The number of rotatable bonds is 10. The minimum absolute atomic E-state index is 0.0823. The number of nitrogens with zero attached hydrogens (tertiary/aromatic N) is 1. The molecule has 0 aromatic heterocycles. The van der Waals surface area contributed by atoms with Crippen molar-refractivity contribution in [3.05, 3.63) is 84.4 Å². The lowest BCUT2D eigenvalue weighted by Crippen LogP contribution is -2.30. The van der Waals surface area contributed by atoms with E-state index in [-0.39, 0.29) is 24.5 Å². The van der Waals surface area contributed by atoms with E-state index in [1.807, 2.05) is 80.6 Å². The van der Waals surface area contributed by atoms with Crippen LogP contribution in [0.25, 0.3) is 0 Å². The number of hydrogen-bond donors (Lipinski definition) is 2. The lowest BCUT2D eigenvalue weighted by Gasteiger charge is -2.21. The summed E-state index contributed by atoms with van der Waals surface area (Å²) in [6, 6.07) is 24.1. The normalized spacial score (nSPS) is 11.4. The Labute approximate surface area is 195 Å². The van der Waals surface area contributed by atoms with Crippen molar-refractivity contribution < 1.29 is 14.3 Å². The standard InChI is InChI=1S/C27H31N3O3/c1-4-20(3)33-25-16-14-22(15-17-25)29-26(31)19-28-23-11-9-10-21(18-23)27(32)30(5-2)24-12-7-6-8-13-24/h6-18,20,28H,4-5,19H2,1-3H3,(H,29,31). The molecule has 0 radical (unpaired) electrons. The lowest BCUT2D eigenvalue weighted by molar-refractivity contribution is -0.114. The molecule has 0 saturated carbocycles. The third-order valence-electron chi connectivity index (χ3n) is 5.24. The highest BCUT2D eigenvalue weighted by molar-refractivity contribution is 6.06. The smallest absolute Gasteiger partial charge is 0.258 e. The average molecular weight is 446 g/mol. The minimum Gasteiger partial charge on any atom is -0.491 e. The molecule has 0 saturated heterocycles. The number of amides is 2. The zero-order chi connectivity index (χ0) is 23.6. The van der Waals surface area contributed by atoms with Crippen LogP contribution in [0.1, 0.15) is 37.6 Å². The SMILES string of the molecule is CCC(C)Oc1ccc(NC(=O)CNc2cccc(C(=O)N(CC)c3ccccc3)c2)cc1. The molecule has 3 aromatic rings. The van der Waals surface area contributed by atoms with Crippen LogP contribution in [0.3, 0.4) is 0 Å². The maximum atomic E-state index is 13.0. The van der Waals surface area contributed by atoms with Gasteiger partial charge in [-0.25, -0.2) is 0 Å². The number of hydrogen-bond acceptors (Lipinski definition) is 4. The van der Waals surface area contributed by atoms with Crippen LogP contribution in [-0.2, 0) is 4.79 Å². The minimum atomic E-state index is -0.179. The van der Waals surface area contributed by atoms with Gasteiger partial charge >= 0.3 is 0 Å². The van der Waals surface area contributed by atoms with E-state index in [0.29, 0.717) is 23.5 Å². The van der Waals surface area contributed by atoms with Gasteiger partial charge in [0.25, 0.3) is 5.91 Å². The van der Waals surface area contributed by atoms with E-state index in [1.54, 1.807) is 17.0 Å². The van der Waals surface area contributed by atoms with Crippen LogP contribution in [0.15, 0.2) is 78.9 Å². The average Bonchev–Trinajstić information content (AvgIpc) is 2.85. The molecule has 1 unspecified atom stereocenters. The van der Waals surface area contributed by atoms with Crippen molar-refractivity contribution >= 4 is 28.9 Å². The van der Waals surface area contributed by atoms with E-state index in [4.69, 9.17) is 4.74 Å². The second-order valence-corrected chi connectivity index (χ2v) is 7.73. The maximum Gasteiger partial charge on any atom is 0.258 e. The summed E-state index contributed by atoms with van der Waals surface area (Å²) in [5, 5.41) is 5.96. The van der Waals surface area contributed by atoms with Crippen LogP contribution < -0.4 is 20.3 Å². The fourth-order valence-electron chi connectivity index (χ4n) is 3.29. The van der Waals surface area contributed by atoms with Crippen LogP contribution in [0.2, 0.25) is 0 Å². The van der Waals surface area contributed by atoms with Gasteiger partial charge in [-0.05, 0) is 74.9 Å². The molecule has 0 bridgehead atoms. The van der Waals surface area contributed by atoms with Gasteiger partial charge in [-0.3, -0.25) is 9.59 Å². The third kappa shape index (κ3) is 6.84. The second kappa shape index (κ2) is 11.7. The third-order valence-corrected chi connectivity index (χ3v) is 5.24. The van der Waals surface area contributed by atoms with Gasteiger partial charge in [-0.1, -0.05) is 31.2 Å². The predicted octanol–water partition coefficient (Wildman–Crippen LogP) is 5.58. The molecule has 172 valence electrons. The topological polar surface area (TPSA) is 70.7 Å². The monoisotopic (exact) mass is 445 g/mol. The molecule has 6 heteroatoms. The molecule has 2 amide bonds. The van der Waals surface area contributed by atoms with Crippen molar-refractivity contribution in [3.8, 4) is 5.75 Å². The highest BCUT2D eigenvalue weighted by atomic mass is 16.5. The fourth-order valence-corrected chi connectivity index (χ4v) is 3.29. The molecule has 0 aliphatic heterocycles. The lowest BCUT2D eigenvalue weighted by atomic mass is 10.1. The number of para-hydroxylation sites is 1. The van der Waals surface area contributed by atoms with Crippen molar-refractivity contribution in [2.24, 2.45) is 0 Å². The van der Waals surface area contributed by atoms with E-state index in [0.717, 1.165) is 17.9 Å². The Bertz CT molecular complexity index is 1050. The molecule has 3 rings (SSSR count). The Balaban J connectivity index is 1.57. The number of carbonyl (C=O) groups excluding carboxylic acids is 2. The van der Waals surface area contributed by atoms with Crippen molar-refractivity contribution in [1.29, 1.82) is 0 Å². The molecule has 3 aromatic carbocycles. The van der Waals surface area contributed by atoms with E-state index in [1.165, 1.54) is 0 Å². The zero-order valence-electron chi connectivity index (χ0n) is 19.4. The molecule has 0 fully saturated rings. The largest absolute Gasteiger partial charge is 0.491 e. The summed E-state index contributed by atoms with van der Waals surface area (Å²) in [6.45, 7) is 6.68. The summed E-state index contributed by atoms with van der Waals surface area (Å²) in [7, 11) is 0. The van der Waals surface area contributed by atoms with E-state index in [9.17, 15) is 9.59 Å². The van der Waals surface area contributed by atoms with E-state index >= 15 is 0 Å². The van der Waals surface area contributed by atoms with E-state index in [2.05, 4.69) is 17.6 Å². The predicted molar refractivity (Wildman–Crippen MR) is 134 cm³/mol. The first-order valence-electron chi connectivity index (χ1n) is 11.3. The summed E-state index contributed by atoms with van der Waals surface area (Å²) < 4.78 is 5.76. The van der Waals surface area contributed by atoms with Gasteiger partial charge in [0.2, 0.25) is 5.91 Å². The number of anilines is 3. The number of carbonyl (C=O) groups is 2. The molecule has 33 heavy (non-hydrogen) atoms. The van der Waals surface area contributed by atoms with Gasteiger partial charge in [0.15, 0.2) is 0 Å². The molecular formula is C27H31N3O3. The quantitative estimate of drug-likeness (QED) is 0.427. The van der Waals surface area contributed by atoms with Crippen LogP contribution in [0, 0.1) is 0 Å². The van der Waals surface area contributed by atoms with Gasteiger partial charge in [0, 0.05) is 29.2 Å². The van der Waals surface area contributed by atoms with Crippen molar-refractivity contribution in [3.63, 3.8) is 0 Å². The molecule has 2 N–H and O–H groups in total. The number of nitrogens with one attached hydrogen (secondary N) is 2. The Morgan fingerprint density at radius 3 is 2.30 bits per heavy atom. The summed E-state index contributed by atoms with van der Waals surface area (Å²) >= 11 is 0. The molecule has 0 aliphatic rings. The Hall–Kier alpha value is -3.80. The number of ether oxygens (including phenoxy) is 1. The van der Waals surface area contributed by atoms with Gasteiger partial charge < -0.3 is 20.3 Å². The van der Waals surface area contributed by atoms with Crippen LogP contribution in [0.5, 0.6) is 5.75 Å². The first-order valence-corrected chi connectivity index (χ1v) is 11.3. The van der Waals surface area contributed by atoms with Gasteiger partial charge in [0.05, 0.1) is 12.6 Å². The van der Waals surface area contributed by atoms with Crippen LogP contribution in [-0.4, -0.2) is 31.0 Å². The zero-order valence-corrected chi connectivity index (χ0v) is 19.4. The summed E-state index contributed by atoms with van der Waals surface area (Å²) in [5.74, 6) is 0.511. The second-order valence-electron chi connectivity index (χ2n) is 7.73. The Morgan fingerprint density at radius 2 is 1.64 bits per heavy atom. The van der Waals surface area contributed by atoms with Gasteiger partial charge in [-0.2, -0.15) is 0 Å². The van der Waals surface area contributed by atoms with Crippen LogP contribution >= 0.6 is 0 Å². The van der Waals surface area contributed by atoms with Gasteiger partial charge in [-0.15, -0.1) is 0 Å². The summed E-state index contributed by atoms with van der Waals surface area (Å²) in [6.07, 6.45) is 1.08. The Kier molecular flexibility index (Phi) is 8.47. The van der Waals surface area contributed by atoms with Gasteiger partial charge in [0.1, 0.15) is 5.75 Å². The van der Waals surface area contributed by atoms with E-state index < -0.39 is 0 Å². The Morgan fingerprint density at radius 1 is 0.909 bits per heavy atom. The number of benzene rings is 3. The maximum absolute atomic E-state index is 13.0. The van der Waals surface area contributed by atoms with Crippen molar-refractivity contribution in [2.45, 2.75) is 33.3 Å². The first-order chi connectivity index (χ1) is 16.0. The van der Waals surface area contributed by atoms with Crippen molar-refractivity contribution in [1.82, 2.24) is 0 Å². The van der Waals surface area contributed by atoms with Crippen LogP contribution in [0.4, 0.5) is 17.1 Å². The molecule has 0 spiro atoms. The summed E-state index contributed by atoms with van der Waals surface area (Å²) in [5.41, 5.74) is 2.81. The molecule has 0 aliphatic carbocycles. The summed E-state index contributed by atoms with van der Waals surface area (Å²) in [4.78, 5) is 27.1. The fraction of sp³-hybridized carbons (Fsp3) is 0.259. The highest BCUT2D eigenvalue weighted by Crippen LogP contribution is 2.20. The molecule has 6 nitrogen and oxygen atoms in total. The molecule has 0 heterocycles. The highest BCUT2D eigenvalue weighted by Gasteiger charge is 2.16. The van der Waals surface area contributed by atoms with Crippen molar-refractivity contribution in [2.75, 3.05) is 28.6 Å². The molecular weight excluding hydrogens is 414 g/mol.